The van der Waals surface area contributed by atoms with Crippen LogP contribution in [0.15, 0.2) is 42.5 Å². The average Bonchev–Trinajstić information content (AvgIpc) is 3.54. The maximum atomic E-state index is 13.6. The number of piperidine rings is 1. The number of aryl methyl sites for hydroxylation is 1. The van der Waals surface area contributed by atoms with Gasteiger partial charge in [0.05, 0.1) is 11.5 Å². The minimum absolute atomic E-state index is 0.000395. The first-order chi connectivity index (χ1) is 18.1. The topological polar surface area (TPSA) is 73.5 Å². The van der Waals surface area contributed by atoms with Gasteiger partial charge in [-0.25, -0.2) is 0 Å². The maximum absolute atomic E-state index is 13.6. The smallest absolute Gasteiger partial charge is 0.382 e. The molecule has 3 aliphatic rings. The molecule has 2 aromatic rings. The molecule has 4 atom stereocenters. The van der Waals surface area contributed by atoms with Crippen molar-refractivity contribution >= 4 is 23.2 Å². The Morgan fingerprint density at radius 1 is 1.00 bits per heavy atom. The van der Waals surface area contributed by atoms with Crippen molar-refractivity contribution < 1.29 is 22.8 Å². The van der Waals surface area contributed by atoms with E-state index in [0.29, 0.717) is 25.6 Å². The number of rotatable bonds is 5. The number of halogens is 3. The van der Waals surface area contributed by atoms with Crippen molar-refractivity contribution in [1.29, 1.82) is 0 Å². The molecule has 2 heterocycles. The lowest BCUT2D eigenvalue weighted by Crippen LogP contribution is -2.50. The van der Waals surface area contributed by atoms with E-state index in [1.54, 1.807) is 11.8 Å². The number of carbonyl (C=O) groups is 2. The van der Waals surface area contributed by atoms with E-state index in [9.17, 15) is 22.8 Å². The van der Waals surface area contributed by atoms with Gasteiger partial charge in [0.1, 0.15) is 0 Å². The first-order valence-electron chi connectivity index (χ1n) is 13.5. The van der Waals surface area contributed by atoms with E-state index in [1.165, 1.54) is 44.7 Å². The van der Waals surface area contributed by atoms with Gasteiger partial charge in [0, 0.05) is 49.5 Å². The van der Waals surface area contributed by atoms with Gasteiger partial charge in [0.2, 0.25) is 11.8 Å². The van der Waals surface area contributed by atoms with Crippen LogP contribution in [0.5, 0.6) is 0 Å². The number of benzene rings is 2. The highest BCUT2D eigenvalue weighted by atomic mass is 19.4. The molecule has 38 heavy (non-hydrogen) atoms. The number of hydrogen-bond donors (Lipinski definition) is 3. The van der Waals surface area contributed by atoms with Gasteiger partial charge < -0.3 is 20.9 Å². The third-order valence-electron chi connectivity index (χ3n) is 8.38. The summed E-state index contributed by atoms with van der Waals surface area (Å²) < 4.78 is 40.4. The fourth-order valence-electron chi connectivity index (χ4n) is 6.28. The lowest BCUT2D eigenvalue weighted by atomic mass is 9.78. The van der Waals surface area contributed by atoms with E-state index in [2.05, 4.69) is 16.0 Å². The molecule has 3 N–H and O–H groups in total. The van der Waals surface area contributed by atoms with Gasteiger partial charge in [-0.1, -0.05) is 31.0 Å². The molecule has 2 saturated heterocycles. The number of likely N-dealkylation sites (tertiary alicyclic amines) is 1. The van der Waals surface area contributed by atoms with Gasteiger partial charge in [-0.15, -0.1) is 0 Å². The van der Waals surface area contributed by atoms with E-state index in [-0.39, 0.29) is 41.1 Å². The Morgan fingerprint density at radius 3 is 2.34 bits per heavy atom. The summed E-state index contributed by atoms with van der Waals surface area (Å²) >= 11 is 0. The summed E-state index contributed by atoms with van der Waals surface area (Å²) in [5.74, 6) is -0.738. The zero-order valence-electron chi connectivity index (χ0n) is 21.8. The molecule has 5 rings (SSSR count). The highest BCUT2D eigenvalue weighted by Gasteiger charge is 2.45. The van der Waals surface area contributed by atoms with Crippen LogP contribution >= 0.6 is 0 Å². The molecule has 3 fully saturated rings. The van der Waals surface area contributed by atoms with Crippen LogP contribution in [0.3, 0.4) is 0 Å². The number of alkyl halides is 3. The Bertz CT molecular complexity index is 1180. The molecular formula is C29H35F3N4O2. The van der Waals surface area contributed by atoms with Gasteiger partial charge in [-0.3, -0.25) is 9.59 Å². The van der Waals surface area contributed by atoms with Crippen LogP contribution in [0.2, 0.25) is 0 Å². The van der Waals surface area contributed by atoms with Gasteiger partial charge in [-0.2, -0.15) is 13.2 Å². The lowest BCUT2D eigenvalue weighted by Gasteiger charge is -2.38. The fraction of sp³-hybridized carbons (Fsp3) is 0.517. The number of fused-ring (bicyclic) bond motifs is 1. The Labute approximate surface area is 221 Å². The van der Waals surface area contributed by atoms with Gasteiger partial charge in [0.15, 0.2) is 0 Å². The maximum Gasteiger partial charge on any atom is 0.416 e. The van der Waals surface area contributed by atoms with Crippen LogP contribution in [0.25, 0.3) is 0 Å². The molecule has 2 aliphatic heterocycles. The first-order valence-corrected chi connectivity index (χ1v) is 13.5. The van der Waals surface area contributed by atoms with Crippen LogP contribution in [0.1, 0.15) is 61.8 Å². The third-order valence-corrected chi connectivity index (χ3v) is 8.38. The van der Waals surface area contributed by atoms with E-state index in [1.807, 2.05) is 24.3 Å². The number of hydrogen-bond acceptors (Lipinski definition) is 4. The summed E-state index contributed by atoms with van der Waals surface area (Å²) in [6.45, 7) is 4.10. The van der Waals surface area contributed by atoms with Crippen molar-refractivity contribution in [2.45, 2.75) is 70.3 Å². The van der Waals surface area contributed by atoms with Gasteiger partial charge in [-0.05, 0) is 67.5 Å². The molecular weight excluding hydrogens is 493 g/mol. The van der Waals surface area contributed by atoms with Crippen molar-refractivity contribution in [1.82, 2.24) is 10.2 Å². The molecule has 0 spiro atoms. The first kappa shape index (κ1) is 26.5. The zero-order valence-corrected chi connectivity index (χ0v) is 21.8. The fourth-order valence-corrected chi connectivity index (χ4v) is 6.28. The summed E-state index contributed by atoms with van der Waals surface area (Å²) in [7, 11) is 0. The van der Waals surface area contributed by atoms with Gasteiger partial charge >= 0.3 is 6.18 Å². The normalized spacial score (nSPS) is 25.8. The summed E-state index contributed by atoms with van der Waals surface area (Å²) in [5, 5.41) is 9.95. The largest absolute Gasteiger partial charge is 0.416 e. The Kier molecular flexibility index (Phi) is 7.40. The SMILES string of the molecule is CC(=O)N1CC2C[C@H](C(=O)Nc3ccc(C)c(C(F)(F)F)c3)[C@H](c3ccc(NC4CCCC4)cc3)N[C@@H]2C1. The van der Waals surface area contributed by atoms with Crippen molar-refractivity contribution in [3.05, 3.63) is 59.2 Å². The van der Waals surface area contributed by atoms with Crippen LogP contribution < -0.4 is 16.0 Å². The molecule has 2 amide bonds. The van der Waals surface area contributed by atoms with Crippen molar-refractivity contribution in [3.8, 4) is 0 Å². The summed E-state index contributed by atoms with van der Waals surface area (Å²) in [4.78, 5) is 27.4. The van der Waals surface area contributed by atoms with E-state index >= 15 is 0 Å². The lowest BCUT2D eigenvalue weighted by molar-refractivity contribution is -0.138. The van der Waals surface area contributed by atoms with Crippen molar-refractivity contribution in [3.63, 3.8) is 0 Å². The molecule has 0 aromatic heterocycles. The molecule has 9 heteroatoms. The zero-order chi connectivity index (χ0) is 27.0. The Balaban J connectivity index is 1.38. The summed E-state index contributed by atoms with van der Waals surface area (Å²) in [5.41, 5.74) is 1.46. The predicted molar refractivity (Wildman–Crippen MR) is 141 cm³/mol. The molecule has 0 bridgehead atoms. The minimum atomic E-state index is -4.50. The standard InChI is InChI=1S/C29H35F3N4O2/c1-17-7-10-23(14-25(17)29(30,31)32)34-28(38)24-13-20-15-36(18(2)37)16-26(20)35-27(24)19-8-11-22(12-9-19)33-21-5-3-4-6-21/h7-12,14,20-21,24,26-27,33,35H,3-6,13,15-16H2,1-2H3,(H,34,38)/t20?,24-,26+,27-/m0/s1. The molecule has 1 aliphatic carbocycles. The minimum Gasteiger partial charge on any atom is -0.382 e. The highest BCUT2D eigenvalue weighted by Crippen LogP contribution is 2.39. The van der Waals surface area contributed by atoms with E-state index in [4.69, 9.17) is 0 Å². The van der Waals surface area contributed by atoms with Crippen LogP contribution in [-0.4, -0.2) is 41.9 Å². The molecule has 1 unspecified atom stereocenters. The Hall–Kier alpha value is -3.07. The average molecular weight is 529 g/mol. The number of nitrogens with one attached hydrogen (secondary N) is 3. The predicted octanol–water partition coefficient (Wildman–Crippen LogP) is 5.50. The monoisotopic (exact) mass is 528 g/mol. The molecule has 0 radical (unpaired) electrons. The second-order valence-corrected chi connectivity index (χ2v) is 11.0. The van der Waals surface area contributed by atoms with Crippen molar-refractivity contribution in [2.24, 2.45) is 11.8 Å². The second-order valence-electron chi connectivity index (χ2n) is 11.0. The van der Waals surface area contributed by atoms with Crippen LogP contribution in [0, 0.1) is 18.8 Å². The van der Waals surface area contributed by atoms with Gasteiger partial charge in [0.25, 0.3) is 0 Å². The molecule has 1 saturated carbocycles. The van der Waals surface area contributed by atoms with Crippen LogP contribution in [0.4, 0.5) is 24.5 Å². The van der Waals surface area contributed by atoms with Crippen molar-refractivity contribution in [2.75, 3.05) is 23.7 Å². The number of nitrogens with zero attached hydrogens (tertiary/aromatic N) is 1. The van der Waals surface area contributed by atoms with E-state index < -0.39 is 17.7 Å². The quantitative estimate of drug-likeness (QED) is 0.479. The Morgan fingerprint density at radius 2 is 1.68 bits per heavy atom. The summed E-state index contributed by atoms with van der Waals surface area (Å²) in [6.07, 6.45) is 0.852. The van der Waals surface area contributed by atoms with E-state index in [0.717, 1.165) is 17.3 Å². The third kappa shape index (κ3) is 5.67. The second kappa shape index (κ2) is 10.6. The summed E-state index contributed by atoms with van der Waals surface area (Å²) in [6, 6.07) is 12.2. The molecule has 204 valence electrons. The van der Waals surface area contributed by atoms with Crippen LogP contribution in [-0.2, 0) is 15.8 Å². The number of amides is 2. The molecule has 6 nitrogen and oxygen atoms in total. The highest BCUT2D eigenvalue weighted by molar-refractivity contribution is 5.93. The number of anilines is 2. The number of carbonyl (C=O) groups excluding carboxylic acids is 2. The molecule has 2 aromatic carbocycles.